The van der Waals surface area contributed by atoms with Crippen molar-refractivity contribution in [2.24, 2.45) is 0 Å². The lowest BCUT2D eigenvalue weighted by molar-refractivity contribution is -0.118. The summed E-state index contributed by atoms with van der Waals surface area (Å²) in [4.78, 5) is 25.3. The van der Waals surface area contributed by atoms with Gasteiger partial charge in [-0.05, 0) is 48.7 Å². The van der Waals surface area contributed by atoms with Gasteiger partial charge in [-0.25, -0.2) is 0 Å². The largest absolute Gasteiger partial charge is 0.497 e. The lowest BCUT2D eigenvalue weighted by Gasteiger charge is -2.14. The van der Waals surface area contributed by atoms with Crippen molar-refractivity contribution in [1.29, 1.82) is 0 Å². The summed E-state index contributed by atoms with van der Waals surface area (Å²) in [5.74, 6) is -0.0516. The zero-order valence-electron chi connectivity index (χ0n) is 15.8. The summed E-state index contributed by atoms with van der Waals surface area (Å²) in [6.07, 6.45) is 3.61. The van der Waals surface area contributed by atoms with Gasteiger partial charge in [0.05, 0.1) is 13.2 Å². The third-order valence-electron chi connectivity index (χ3n) is 4.47. The number of rotatable bonds is 7. The highest BCUT2D eigenvalue weighted by Gasteiger charge is 2.19. The molecule has 146 valence electrons. The Balaban J connectivity index is 1.73. The van der Waals surface area contributed by atoms with Gasteiger partial charge in [-0.15, -0.1) is 0 Å². The molecule has 28 heavy (non-hydrogen) atoms. The van der Waals surface area contributed by atoms with Crippen LogP contribution < -0.4 is 15.4 Å². The number of hydrogen-bond acceptors (Lipinski definition) is 4. The molecule has 0 aromatic heterocycles. The summed E-state index contributed by atoms with van der Waals surface area (Å²) in [5.41, 5.74) is 1.44. The molecule has 2 N–H and O–H groups in total. The fourth-order valence-electron chi connectivity index (χ4n) is 2.92. The summed E-state index contributed by atoms with van der Waals surface area (Å²) < 4.78 is 10.6. The first kappa shape index (κ1) is 19.6. The fraction of sp³-hybridized carbons (Fsp3) is 0.273. The molecule has 0 radical (unpaired) electrons. The van der Waals surface area contributed by atoms with Crippen molar-refractivity contribution in [3.05, 3.63) is 71.4 Å². The van der Waals surface area contributed by atoms with Crippen LogP contribution in [0.15, 0.2) is 60.3 Å². The number of carbonyl (C=O) groups is 2. The van der Waals surface area contributed by atoms with E-state index in [1.807, 2.05) is 30.3 Å². The van der Waals surface area contributed by atoms with E-state index in [0.717, 1.165) is 25.0 Å². The van der Waals surface area contributed by atoms with Crippen LogP contribution in [0.3, 0.4) is 0 Å². The van der Waals surface area contributed by atoms with Gasteiger partial charge in [-0.3, -0.25) is 9.59 Å². The molecule has 0 saturated carbocycles. The Hall–Kier alpha value is -3.12. The molecule has 1 aliphatic heterocycles. The maximum absolute atomic E-state index is 12.7. The summed E-state index contributed by atoms with van der Waals surface area (Å²) >= 11 is 0. The van der Waals surface area contributed by atoms with Gasteiger partial charge in [-0.2, -0.15) is 0 Å². The van der Waals surface area contributed by atoms with Crippen molar-refractivity contribution < 1.29 is 19.1 Å². The van der Waals surface area contributed by atoms with Crippen molar-refractivity contribution >= 4 is 17.9 Å². The molecule has 2 aromatic rings. The predicted molar refractivity (Wildman–Crippen MR) is 107 cm³/mol. The van der Waals surface area contributed by atoms with Crippen molar-refractivity contribution in [2.75, 3.05) is 20.3 Å². The molecule has 1 aliphatic rings. The van der Waals surface area contributed by atoms with Gasteiger partial charge in [0.25, 0.3) is 11.8 Å². The molecule has 1 saturated heterocycles. The molecule has 2 aromatic carbocycles. The predicted octanol–water partition coefficient (Wildman–Crippen LogP) is 2.76. The summed E-state index contributed by atoms with van der Waals surface area (Å²) in [6.45, 7) is 1.14. The molecular weight excluding hydrogens is 356 g/mol. The summed E-state index contributed by atoms with van der Waals surface area (Å²) in [6, 6.07) is 16.1. The quantitative estimate of drug-likeness (QED) is 0.724. The Kier molecular flexibility index (Phi) is 6.81. The molecule has 1 heterocycles. The minimum Gasteiger partial charge on any atom is -0.497 e. The zero-order valence-corrected chi connectivity index (χ0v) is 15.8. The van der Waals surface area contributed by atoms with Gasteiger partial charge in [-0.1, -0.05) is 30.3 Å². The van der Waals surface area contributed by atoms with E-state index in [9.17, 15) is 9.59 Å². The number of amides is 2. The van der Waals surface area contributed by atoms with Crippen LogP contribution in [-0.2, 0) is 9.53 Å². The molecule has 0 unspecified atom stereocenters. The molecule has 1 fully saturated rings. The first-order chi connectivity index (χ1) is 13.7. The molecule has 0 aliphatic carbocycles. The van der Waals surface area contributed by atoms with Crippen LogP contribution in [0.25, 0.3) is 6.08 Å². The van der Waals surface area contributed by atoms with Gasteiger partial charge < -0.3 is 20.1 Å². The number of benzene rings is 2. The first-order valence-electron chi connectivity index (χ1n) is 9.27. The van der Waals surface area contributed by atoms with Crippen molar-refractivity contribution in [1.82, 2.24) is 10.6 Å². The maximum Gasteiger partial charge on any atom is 0.267 e. The van der Waals surface area contributed by atoms with Gasteiger partial charge in [0.1, 0.15) is 11.4 Å². The standard InChI is InChI=1S/C22H24N2O4/c1-27-18-11-9-17(10-12-18)21(25)24-20(14-16-6-3-2-4-7-16)22(26)23-15-19-8-5-13-28-19/h2-4,6-7,9-12,14,19H,5,8,13,15H2,1H3,(H,23,26)(H,24,25)/b20-14+/t19-/m1/s1. The molecule has 0 bridgehead atoms. The average Bonchev–Trinajstić information content (AvgIpc) is 3.26. The maximum atomic E-state index is 12.7. The lowest BCUT2D eigenvalue weighted by Crippen LogP contribution is -2.38. The van der Waals surface area contributed by atoms with Crippen molar-refractivity contribution in [3.8, 4) is 5.75 Å². The summed E-state index contributed by atoms with van der Waals surface area (Å²) in [7, 11) is 1.56. The third-order valence-corrected chi connectivity index (χ3v) is 4.47. The third kappa shape index (κ3) is 5.44. The molecule has 1 atom stereocenters. The van der Waals surface area contributed by atoms with E-state index in [2.05, 4.69) is 10.6 Å². The Morgan fingerprint density at radius 3 is 2.54 bits per heavy atom. The smallest absolute Gasteiger partial charge is 0.267 e. The topological polar surface area (TPSA) is 76.7 Å². The van der Waals surface area contributed by atoms with Crippen LogP contribution in [-0.4, -0.2) is 38.2 Å². The van der Waals surface area contributed by atoms with Gasteiger partial charge in [0, 0.05) is 18.7 Å². The van der Waals surface area contributed by atoms with E-state index < -0.39 is 0 Å². The van der Waals surface area contributed by atoms with E-state index in [4.69, 9.17) is 9.47 Å². The van der Waals surface area contributed by atoms with Gasteiger partial charge in [0.15, 0.2) is 0 Å². The van der Waals surface area contributed by atoms with E-state index in [1.165, 1.54) is 0 Å². The van der Waals surface area contributed by atoms with Crippen molar-refractivity contribution in [2.45, 2.75) is 18.9 Å². The number of carbonyl (C=O) groups excluding carboxylic acids is 2. The molecule has 6 nitrogen and oxygen atoms in total. The number of hydrogen-bond donors (Lipinski definition) is 2. The molecule has 0 spiro atoms. The monoisotopic (exact) mass is 380 g/mol. The van der Waals surface area contributed by atoms with Crippen LogP contribution in [0.5, 0.6) is 5.75 Å². The molecule has 6 heteroatoms. The number of nitrogens with one attached hydrogen (secondary N) is 2. The lowest BCUT2D eigenvalue weighted by atomic mass is 10.1. The van der Waals surface area contributed by atoms with Gasteiger partial charge in [0.2, 0.25) is 0 Å². The fourth-order valence-corrected chi connectivity index (χ4v) is 2.92. The molecule has 2 amide bonds. The van der Waals surface area contributed by atoms with Crippen molar-refractivity contribution in [3.63, 3.8) is 0 Å². The number of ether oxygens (including phenoxy) is 2. The average molecular weight is 380 g/mol. The van der Waals surface area contributed by atoms with E-state index >= 15 is 0 Å². The molecular formula is C22H24N2O4. The van der Waals surface area contributed by atoms with Crippen LogP contribution >= 0.6 is 0 Å². The normalized spacial score (nSPS) is 16.5. The molecule has 3 rings (SSSR count). The Bertz CT molecular complexity index is 825. The highest BCUT2D eigenvalue weighted by molar-refractivity contribution is 6.05. The van der Waals surface area contributed by atoms with Gasteiger partial charge >= 0.3 is 0 Å². The Morgan fingerprint density at radius 2 is 1.89 bits per heavy atom. The second-order valence-electron chi connectivity index (χ2n) is 6.50. The van der Waals surface area contributed by atoms with Crippen LogP contribution in [0.2, 0.25) is 0 Å². The minimum absolute atomic E-state index is 0.0271. The minimum atomic E-state index is -0.364. The van der Waals surface area contributed by atoms with E-state index in [0.29, 0.717) is 17.9 Å². The highest BCUT2D eigenvalue weighted by atomic mass is 16.5. The zero-order chi connectivity index (χ0) is 19.8. The highest BCUT2D eigenvalue weighted by Crippen LogP contribution is 2.13. The second kappa shape index (κ2) is 9.71. The Morgan fingerprint density at radius 1 is 1.14 bits per heavy atom. The SMILES string of the molecule is COc1ccc(C(=O)N/C(=C/c2ccccc2)C(=O)NC[C@H]2CCCO2)cc1. The second-order valence-corrected chi connectivity index (χ2v) is 6.50. The Labute approximate surface area is 164 Å². The van der Waals surface area contributed by atoms with Crippen LogP contribution in [0.1, 0.15) is 28.8 Å². The summed E-state index contributed by atoms with van der Waals surface area (Å²) in [5, 5.41) is 5.58. The van der Waals surface area contributed by atoms with E-state index in [1.54, 1.807) is 37.5 Å². The van der Waals surface area contributed by atoms with Crippen LogP contribution in [0, 0.1) is 0 Å². The van der Waals surface area contributed by atoms with E-state index in [-0.39, 0.29) is 23.6 Å². The first-order valence-corrected chi connectivity index (χ1v) is 9.27. The van der Waals surface area contributed by atoms with Crippen LogP contribution in [0.4, 0.5) is 0 Å². The number of methoxy groups -OCH3 is 1.